The smallest absolute Gasteiger partial charge is 0.407 e. The highest BCUT2D eigenvalue weighted by molar-refractivity contribution is 7.89. The fourth-order valence-corrected chi connectivity index (χ4v) is 5.72. The van der Waals surface area contributed by atoms with Gasteiger partial charge in [-0.2, -0.15) is 4.31 Å². The molecule has 0 spiro atoms. The molecule has 2 aromatic carbocycles. The van der Waals surface area contributed by atoms with Gasteiger partial charge in [0.25, 0.3) is 0 Å². The zero-order valence-corrected chi connectivity index (χ0v) is 21.9. The molecule has 1 heterocycles. The van der Waals surface area contributed by atoms with Crippen molar-refractivity contribution in [1.82, 2.24) is 14.6 Å². The predicted octanol–water partition coefficient (Wildman–Crippen LogP) is 3.27. The highest BCUT2D eigenvalue weighted by Gasteiger charge is 2.31. The third-order valence-corrected chi connectivity index (χ3v) is 7.97. The highest BCUT2D eigenvalue weighted by atomic mass is 32.2. The van der Waals surface area contributed by atoms with Crippen LogP contribution in [0.1, 0.15) is 24.3 Å². The molecule has 0 saturated carbocycles. The van der Waals surface area contributed by atoms with Crippen LogP contribution in [0.2, 0.25) is 0 Å². The minimum absolute atomic E-state index is 0.00524. The van der Waals surface area contributed by atoms with Gasteiger partial charge in [-0.25, -0.2) is 13.2 Å². The van der Waals surface area contributed by atoms with Crippen LogP contribution in [0.25, 0.3) is 0 Å². The molecule has 0 aliphatic rings. The largest absolute Gasteiger partial charge is 0.444 e. The van der Waals surface area contributed by atoms with Crippen molar-refractivity contribution >= 4 is 33.1 Å². The highest BCUT2D eigenvalue weighted by Crippen LogP contribution is 2.20. The van der Waals surface area contributed by atoms with E-state index in [0.717, 1.165) is 10.4 Å². The second-order valence-corrected chi connectivity index (χ2v) is 11.7. The van der Waals surface area contributed by atoms with Crippen LogP contribution < -0.4 is 11.1 Å². The van der Waals surface area contributed by atoms with Gasteiger partial charge >= 0.3 is 6.09 Å². The van der Waals surface area contributed by atoms with E-state index in [1.807, 2.05) is 44.2 Å². The Labute approximate surface area is 216 Å². The molecule has 2 unspecified atom stereocenters. The Morgan fingerprint density at radius 3 is 2.44 bits per heavy atom. The number of aromatic nitrogens is 1. The maximum absolute atomic E-state index is 13.4. The number of nitrogens with zero attached hydrogens (tertiary/aromatic N) is 2. The van der Waals surface area contributed by atoms with Crippen molar-refractivity contribution in [2.45, 2.75) is 43.9 Å². The van der Waals surface area contributed by atoms with E-state index in [1.165, 1.54) is 39.9 Å². The first-order valence-corrected chi connectivity index (χ1v) is 13.9. The molecule has 2 atom stereocenters. The number of carbonyl (C=O) groups is 1. The monoisotopic (exact) mass is 532 g/mol. The average Bonchev–Trinajstić information content (AvgIpc) is 3.36. The molecule has 0 fully saturated rings. The van der Waals surface area contributed by atoms with E-state index in [9.17, 15) is 18.3 Å². The molecule has 0 radical (unpaired) electrons. The summed E-state index contributed by atoms with van der Waals surface area (Å²) in [5.41, 5.74) is 8.69. The number of aliphatic hydroxyl groups excluding tert-OH is 1. The molecule has 1 amide bonds. The number of thiazole rings is 1. The summed E-state index contributed by atoms with van der Waals surface area (Å²) in [6, 6.07) is 14.5. The number of rotatable bonds is 12. The number of hydrogen-bond acceptors (Lipinski definition) is 8. The fraction of sp³-hybridized carbons (Fsp3) is 0.360. The second kappa shape index (κ2) is 12.8. The van der Waals surface area contributed by atoms with Gasteiger partial charge in [0.15, 0.2) is 0 Å². The number of carbonyl (C=O) groups excluding carboxylic acids is 1. The first-order chi connectivity index (χ1) is 17.1. The van der Waals surface area contributed by atoms with Gasteiger partial charge in [0, 0.05) is 25.0 Å². The molecule has 0 aliphatic heterocycles. The average molecular weight is 533 g/mol. The summed E-state index contributed by atoms with van der Waals surface area (Å²) in [6.07, 6.45) is -0.0153. The van der Waals surface area contributed by atoms with Gasteiger partial charge in [0.2, 0.25) is 10.0 Å². The Kier molecular flexibility index (Phi) is 9.82. The Bertz CT molecular complexity index is 1190. The molecule has 0 bridgehead atoms. The standard InChI is InChI=1S/C25H32N4O5S2/c1-18(2)14-29(36(32,33)22-10-8-20(26)9-11-22)15-24(30)23(12-19-6-4-3-5-7-19)28-25(31)34-16-21-13-27-17-35-21/h3-11,13,17-18,23-24,30H,12,14-16,26H2,1-2H3,(H,28,31). The number of alkyl carbamates (subject to hydrolysis) is 1. The fourth-order valence-electron chi connectivity index (χ4n) is 3.60. The third-order valence-electron chi connectivity index (χ3n) is 5.37. The topological polar surface area (TPSA) is 135 Å². The molecule has 0 aliphatic carbocycles. The number of nitrogens with one attached hydrogen (secondary N) is 1. The van der Waals surface area contributed by atoms with Crippen molar-refractivity contribution < 1.29 is 23.1 Å². The van der Waals surface area contributed by atoms with Gasteiger partial charge in [0.05, 0.1) is 27.4 Å². The van der Waals surface area contributed by atoms with E-state index >= 15 is 0 Å². The minimum atomic E-state index is -3.91. The summed E-state index contributed by atoms with van der Waals surface area (Å²) < 4.78 is 33.4. The number of benzene rings is 2. The molecule has 4 N–H and O–H groups in total. The number of aliphatic hydroxyl groups is 1. The van der Waals surface area contributed by atoms with E-state index in [0.29, 0.717) is 5.69 Å². The molecule has 11 heteroatoms. The summed E-state index contributed by atoms with van der Waals surface area (Å²) in [6.45, 7) is 3.83. The van der Waals surface area contributed by atoms with Gasteiger partial charge in [-0.3, -0.25) is 4.98 Å². The number of nitrogen functional groups attached to an aromatic ring is 1. The Hall–Kier alpha value is -2.99. The number of ether oxygens (including phenoxy) is 1. The lowest BCUT2D eigenvalue weighted by Gasteiger charge is -2.30. The number of anilines is 1. The number of nitrogens with two attached hydrogens (primary N) is 1. The second-order valence-electron chi connectivity index (χ2n) is 8.84. The number of sulfonamides is 1. The van der Waals surface area contributed by atoms with Crippen LogP contribution in [-0.2, 0) is 27.8 Å². The SMILES string of the molecule is CC(C)CN(CC(O)C(Cc1ccccc1)NC(=O)OCc1cncs1)S(=O)(=O)c1ccc(N)cc1. The number of hydrogen-bond donors (Lipinski definition) is 3. The molecule has 36 heavy (non-hydrogen) atoms. The molecular formula is C25H32N4O5S2. The summed E-state index contributed by atoms with van der Waals surface area (Å²) in [4.78, 5) is 17.4. The van der Waals surface area contributed by atoms with E-state index in [-0.39, 0.29) is 36.9 Å². The van der Waals surface area contributed by atoms with Crippen molar-refractivity contribution in [2.24, 2.45) is 5.92 Å². The van der Waals surface area contributed by atoms with Gasteiger partial charge in [-0.15, -0.1) is 11.3 Å². The van der Waals surface area contributed by atoms with Crippen LogP contribution in [0.5, 0.6) is 0 Å². The molecule has 194 valence electrons. The Morgan fingerprint density at radius 1 is 1.14 bits per heavy atom. The zero-order chi connectivity index (χ0) is 26.1. The van der Waals surface area contributed by atoms with Gasteiger partial charge in [-0.1, -0.05) is 44.2 Å². The van der Waals surface area contributed by atoms with E-state index in [2.05, 4.69) is 10.3 Å². The summed E-state index contributed by atoms with van der Waals surface area (Å²) >= 11 is 1.36. The number of amides is 1. The van der Waals surface area contributed by atoms with Crippen molar-refractivity contribution in [2.75, 3.05) is 18.8 Å². The lowest BCUT2D eigenvalue weighted by Crippen LogP contribution is -2.51. The van der Waals surface area contributed by atoms with E-state index < -0.39 is 28.3 Å². The molecule has 1 aromatic heterocycles. The van der Waals surface area contributed by atoms with Crippen molar-refractivity contribution in [3.63, 3.8) is 0 Å². The van der Waals surface area contributed by atoms with Crippen molar-refractivity contribution in [1.29, 1.82) is 0 Å². The Morgan fingerprint density at radius 2 is 1.83 bits per heavy atom. The minimum Gasteiger partial charge on any atom is -0.444 e. The van der Waals surface area contributed by atoms with Crippen molar-refractivity contribution in [3.8, 4) is 0 Å². The summed E-state index contributed by atoms with van der Waals surface area (Å²) in [5.74, 6) is 0.00524. The molecular weight excluding hydrogens is 500 g/mol. The van der Waals surface area contributed by atoms with Gasteiger partial charge in [0.1, 0.15) is 6.61 Å². The van der Waals surface area contributed by atoms with Crippen LogP contribution in [-0.4, -0.2) is 54.1 Å². The first-order valence-electron chi connectivity index (χ1n) is 11.5. The lowest BCUT2D eigenvalue weighted by molar-refractivity contribution is 0.0876. The van der Waals surface area contributed by atoms with Crippen LogP contribution in [0.15, 0.2) is 71.2 Å². The summed E-state index contributed by atoms with van der Waals surface area (Å²) in [7, 11) is -3.91. The quantitative estimate of drug-likeness (QED) is 0.305. The molecule has 3 aromatic rings. The van der Waals surface area contributed by atoms with Crippen LogP contribution in [0.3, 0.4) is 0 Å². The van der Waals surface area contributed by atoms with Gasteiger partial charge < -0.3 is 20.9 Å². The van der Waals surface area contributed by atoms with E-state index in [4.69, 9.17) is 10.5 Å². The van der Waals surface area contributed by atoms with E-state index in [1.54, 1.807) is 11.7 Å². The van der Waals surface area contributed by atoms with Crippen molar-refractivity contribution in [3.05, 3.63) is 76.7 Å². The third kappa shape index (κ3) is 8.02. The molecule has 0 saturated heterocycles. The van der Waals surface area contributed by atoms with Crippen LogP contribution >= 0.6 is 11.3 Å². The van der Waals surface area contributed by atoms with Crippen LogP contribution in [0.4, 0.5) is 10.5 Å². The normalized spacial score (nSPS) is 13.5. The zero-order valence-electron chi connectivity index (χ0n) is 20.3. The predicted molar refractivity (Wildman–Crippen MR) is 140 cm³/mol. The van der Waals surface area contributed by atoms with Gasteiger partial charge in [-0.05, 0) is 42.2 Å². The van der Waals surface area contributed by atoms with Crippen LogP contribution in [0, 0.1) is 5.92 Å². The summed E-state index contributed by atoms with van der Waals surface area (Å²) in [5, 5.41) is 13.9. The molecule has 3 rings (SSSR count). The maximum atomic E-state index is 13.4. The Balaban J connectivity index is 1.79. The maximum Gasteiger partial charge on any atom is 0.407 e. The first kappa shape index (κ1) is 27.6. The molecule has 9 nitrogen and oxygen atoms in total. The lowest BCUT2D eigenvalue weighted by atomic mass is 10.0.